The molecule has 16 heavy (non-hydrogen) atoms. The summed E-state index contributed by atoms with van der Waals surface area (Å²) in [6, 6.07) is 0. The summed E-state index contributed by atoms with van der Waals surface area (Å²) in [7, 11) is 1.25. The summed E-state index contributed by atoms with van der Waals surface area (Å²) in [4.78, 5) is 22.5. The Labute approximate surface area is 96.0 Å². The Hall–Kier alpha value is -1.34. The van der Waals surface area contributed by atoms with Gasteiger partial charge < -0.3 is 9.84 Å². The first-order valence-electron chi connectivity index (χ1n) is 5.11. The second-order valence-electron chi connectivity index (χ2n) is 4.07. The largest absolute Gasteiger partial charge is 0.468 e. The third-order valence-corrected chi connectivity index (χ3v) is 1.93. The highest BCUT2D eigenvalue weighted by atomic mass is 16.5. The first-order chi connectivity index (χ1) is 7.28. The zero-order valence-electron chi connectivity index (χ0n) is 10.2. The normalized spacial score (nSPS) is 12.3. The molecule has 0 aromatic rings. The minimum Gasteiger partial charge on any atom is -0.468 e. The van der Waals surface area contributed by atoms with Crippen LogP contribution >= 0.6 is 0 Å². The average molecular weight is 226 g/mol. The van der Waals surface area contributed by atoms with Gasteiger partial charge in [-0.1, -0.05) is 11.8 Å². The molecule has 4 nitrogen and oxygen atoms in total. The minimum atomic E-state index is -1.04. The van der Waals surface area contributed by atoms with Crippen molar-refractivity contribution in [3.63, 3.8) is 0 Å². The van der Waals surface area contributed by atoms with Gasteiger partial charge in [0.05, 0.1) is 7.11 Å². The molecule has 90 valence electrons. The van der Waals surface area contributed by atoms with Crippen LogP contribution in [0.2, 0.25) is 0 Å². The highest BCUT2D eigenvalue weighted by molar-refractivity contribution is 5.98. The Bertz CT molecular complexity index is 314. The molecule has 0 amide bonds. The van der Waals surface area contributed by atoms with Crippen molar-refractivity contribution in [2.45, 2.75) is 39.2 Å². The fourth-order valence-electron chi connectivity index (χ4n) is 0.989. The van der Waals surface area contributed by atoms with Crippen LogP contribution in [0.5, 0.6) is 0 Å². The molecule has 0 aliphatic carbocycles. The van der Waals surface area contributed by atoms with E-state index in [-0.39, 0.29) is 12.2 Å². The molecule has 0 aromatic carbocycles. The van der Waals surface area contributed by atoms with Crippen molar-refractivity contribution in [3.8, 4) is 11.8 Å². The van der Waals surface area contributed by atoms with Gasteiger partial charge in [0.2, 0.25) is 0 Å². The quantitative estimate of drug-likeness (QED) is 0.440. The van der Waals surface area contributed by atoms with E-state index in [0.29, 0.717) is 6.42 Å². The molecule has 0 rings (SSSR count). The molecule has 4 heteroatoms. The summed E-state index contributed by atoms with van der Waals surface area (Å²) >= 11 is 0. The van der Waals surface area contributed by atoms with Gasteiger partial charge in [0.1, 0.15) is 17.3 Å². The van der Waals surface area contributed by atoms with Crippen LogP contribution in [-0.4, -0.2) is 29.6 Å². The maximum absolute atomic E-state index is 11.4. The van der Waals surface area contributed by atoms with E-state index in [4.69, 9.17) is 0 Å². The summed E-state index contributed by atoms with van der Waals surface area (Å²) in [5.74, 6) is 3.83. The van der Waals surface area contributed by atoms with Crippen molar-refractivity contribution in [1.82, 2.24) is 0 Å². The number of Topliss-reactive ketones (excluding diaryl/α,β-unsaturated/α-hetero) is 1. The fourth-order valence-corrected chi connectivity index (χ4v) is 0.989. The van der Waals surface area contributed by atoms with Gasteiger partial charge in [-0.3, -0.25) is 9.59 Å². The molecule has 1 unspecified atom stereocenters. The van der Waals surface area contributed by atoms with Gasteiger partial charge in [0.25, 0.3) is 0 Å². The highest BCUT2D eigenvalue weighted by Gasteiger charge is 2.20. The predicted molar refractivity (Wildman–Crippen MR) is 59.5 cm³/mol. The summed E-state index contributed by atoms with van der Waals surface area (Å²) < 4.78 is 4.46. The zero-order chi connectivity index (χ0) is 12.8. The van der Waals surface area contributed by atoms with Crippen LogP contribution in [-0.2, 0) is 14.3 Å². The third-order valence-electron chi connectivity index (χ3n) is 1.93. The number of ketones is 1. The molecule has 0 bridgehead atoms. The number of carbonyl (C=O) groups is 2. The van der Waals surface area contributed by atoms with Crippen LogP contribution in [0, 0.1) is 17.8 Å². The van der Waals surface area contributed by atoms with Gasteiger partial charge in [-0.05, 0) is 20.8 Å². The monoisotopic (exact) mass is 226 g/mol. The van der Waals surface area contributed by atoms with Gasteiger partial charge in [-0.15, -0.1) is 0 Å². The number of hydrogen-bond acceptors (Lipinski definition) is 4. The second kappa shape index (κ2) is 6.29. The Morgan fingerprint density at radius 1 is 1.44 bits per heavy atom. The van der Waals surface area contributed by atoms with Crippen molar-refractivity contribution >= 4 is 11.8 Å². The Kier molecular flexibility index (Phi) is 5.76. The van der Waals surface area contributed by atoms with Crippen molar-refractivity contribution in [1.29, 1.82) is 0 Å². The van der Waals surface area contributed by atoms with Gasteiger partial charge in [-0.25, -0.2) is 0 Å². The molecule has 0 heterocycles. The van der Waals surface area contributed by atoms with Crippen LogP contribution in [0.1, 0.15) is 33.6 Å². The fraction of sp³-hybridized carbons (Fsp3) is 0.667. The Morgan fingerprint density at radius 2 is 2.00 bits per heavy atom. The summed E-state index contributed by atoms with van der Waals surface area (Å²) in [5, 5.41) is 9.29. The molecule has 0 saturated heterocycles. The molecule has 0 aromatic heterocycles. The molecular formula is C12H18O4. The van der Waals surface area contributed by atoms with Crippen LogP contribution in [0.3, 0.4) is 0 Å². The van der Waals surface area contributed by atoms with E-state index >= 15 is 0 Å². The maximum Gasteiger partial charge on any atom is 0.315 e. The average Bonchev–Trinajstić information content (AvgIpc) is 2.20. The van der Waals surface area contributed by atoms with Crippen molar-refractivity contribution < 1.29 is 19.4 Å². The second-order valence-corrected chi connectivity index (χ2v) is 4.07. The van der Waals surface area contributed by atoms with Gasteiger partial charge >= 0.3 is 5.97 Å². The Balaban J connectivity index is 4.08. The lowest BCUT2D eigenvalue weighted by Gasteiger charge is -2.07. The zero-order valence-corrected chi connectivity index (χ0v) is 10.2. The van der Waals surface area contributed by atoms with E-state index in [2.05, 4.69) is 16.6 Å². The standard InChI is InChI=1S/C12H18O4/c1-9(11(14)16-4)10(13)7-5-6-8-12(2,3)15/h9,15H,5,7H2,1-4H3. The van der Waals surface area contributed by atoms with Crippen LogP contribution in [0.25, 0.3) is 0 Å². The lowest BCUT2D eigenvalue weighted by molar-refractivity contribution is -0.148. The van der Waals surface area contributed by atoms with E-state index in [1.807, 2.05) is 0 Å². The molecule has 1 N–H and O–H groups in total. The first-order valence-corrected chi connectivity index (χ1v) is 5.11. The third kappa shape index (κ3) is 6.20. The van der Waals surface area contributed by atoms with Crippen LogP contribution in [0.4, 0.5) is 0 Å². The summed E-state index contributed by atoms with van der Waals surface area (Å²) in [6.07, 6.45) is 0.531. The predicted octanol–water partition coefficient (Wildman–Crippen LogP) is 0.919. The van der Waals surface area contributed by atoms with Gasteiger partial charge in [0, 0.05) is 12.8 Å². The summed E-state index contributed by atoms with van der Waals surface area (Å²) in [5.41, 5.74) is -1.04. The van der Waals surface area contributed by atoms with E-state index in [1.165, 1.54) is 14.0 Å². The maximum atomic E-state index is 11.4. The van der Waals surface area contributed by atoms with Crippen molar-refractivity contribution in [2.75, 3.05) is 7.11 Å². The SMILES string of the molecule is COC(=O)C(C)C(=O)CCC#CC(C)(C)O. The van der Waals surface area contributed by atoms with Crippen LogP contribution in [0.15, 0.2) is 0 Å². The van der Waals surface area contributed by atoms with Crippen LogP contribution < -0.4 is 0 Å². The first kappa shape index (κ1) is 14.7. The van der Waals surface area contributed by atoms with Crippen molar-refractivity contribution in [3.05, 3.63) is 0 Å². The number of carbonyl (C=O) groups excluding carboxylic acids is 2. The Morgan fingerprint density at radius 3 is 2.44 bits per heavy atom. The lowest BCUT2D eigenvalue weighted by Crippen LogP contribution is -2.22. The molecule has 0 aliphatic rings. The molecule has 0 radical (unpaired) electrons. The smallest absolute Gasteiger partial charge is 0.315 e. The van der Waals surface area contributed by atoms with Gasteiger partial charge in [0.15, 0.2) is 0 Å². The van der Waals surface area contributed by atoms with E-state index in [1.54, 1.807) is 13.8 Å². The molecule has 0 saturated carbocycles. The number of esters is 1. The number of aliphatic hydroxyl groups is 1. The number of ether oxygens (including phenoxy) is 1. The molecule has 0 spiro atoms. The number of methoxy groups -OCH3 is 1. The number of rotatable bonds is 4. The van der Waals surface area contributed by atoms with E-state index < -0.39 is 17.5 Å². The van der Waals surface area contributed by atoms with E-state index in [9.17, 15) is 14.7 Å². The molecule has 0 aliphatic heterocycles. The topological polar surface area (TPSA) is 63.6 Å². The number of hydrogen-bond donors (Lipinski definition) is 1. The summed E-state index contributed by atoms with van der Waals surface area (Å²) in [6.45, 7) is 4.65. The lowest BCUT2D eigenvalue weighted by atomic mass is 10.0. The molecular weight excluding hydrogens is 208 g/mol. The highest BCUT2D eigenvalue weighted by Crippen LogP contribution is 2.05. The van der Waals surface area contributed by atoms with Crippen molar-refractivity contribution in [2.24, 2.45) is 5.92 Å². The molecule has 1 atom stereocenters. The molecule has 0 fully saturated rings. The van der Waals surface area contributed by atoms with E-state index in [0.717, 1.165) is 0 Å². The minimum absolute atomic E-state index is 0.194. The van der Waals surface area contributed by atoms with Gasteiger partial charge in [-0.2, -0.15) is 0 Å².